The minimum Gasteiger partial charge on any atom is -0.313 e. The van der Waals surface area contributed by atoms with Crippen molar-refractivity contribution in [2.24, 2.45) is 11.8 Å². The maximum Gasteiger partial charge on any atom is 0.0198 e. The van der Waals surface area contributed by atoms with Crippen LogP contribution in [0.2, 0.25) is 0 Å². The Labute approximate surface area is 102 Å². The van der Waals surface area contributed by atoms with Crippen molar-refractivity contribution in [1.29, 1.82) is 0 Å². The highest BCUT2D eigenvalue weighted by Crippen LogP contribution is 2.22. The number of likely N-dealkylation sites (tertiary alicyclic amines) is 1. The summed E-state index contributed by atoms with van der Waals surface area (Å²) in [4.78, 5) is 2.67. The number of nitrogens with one attached hydrogen (secondary N) is 1. The molecule has 2 atom stereocenters. The van der Waals surface area contributed by atoms with Crippen molar-refractivity contribution in [1.82, 2.24) is 10.2 Å². The van der Waals surface area contributed by atoms with Crippen LogP contribution >= 0.6 is 0 Å². The van der Waals surface area contributed by atoms with Crippen molar-refractivity contribution >= 4 is 0 Å². The monoisotopic (exact) mass is 226 g/mol. The first kappa shape index (κ1) is 14.0. The fraction of sp³-hybridized carbons (Fsp3) is 1.00. The summed E-state index contributed by atoms with van der Waals surface area (Å²) < 4.78 is 0. The normalized spacial score (nSPS) is 27.6. The Morgan fingerprint density at radius 1 is 1.25 bits per heavy atom. The van der Waals surface area contributed by atoms with Gasteiger partial charge in [0.1, 0.15) is 0 Å². The topological polar surface area (TPSA) is 15.3 Å². The zero-order valence-corrected chi connectivity index (χ0v) is 11.6. The largest absolute Gasteiger partial charge is 0.313 e. The Morgan fingerprint density at radius 3 is 2.56 bits per heavy atom. The molecule has 0 spiro atoms. The molecule has 1 rings (SSSR count). The zero-order valence-electron chi connectivity index (χ0n) is 11.6. The summed E-state index contributed by atoms with van der Waals surface area (Å²) in [5.41, 5.74) is 0. The minimum atomic E-state index is 0.731. The van der Waals surface area contributed by atoms with Gasteiger partial charge in [-0.1, -0.05) is 34.1 Å². The average molecular weight is 226 g/mol. The van der Waals surface area contributed by atoms with Gasteiger partial charge in [-0.3, -0.25) is 0 Å². The first-order chi connectivity index (χ1) is 7.65. The molecule has 96 valence electrons. The quantitative estimate of drug-likeness (QED) is 0.749. The van der Waals surface area contributed by atoms with E-state index in [9.17, 15) is 0 Å². The lowest BCUT2D eigenvalue weighted by molar-refractivity contribution is 0.124. The van der Waals surface area contributed by atoms with Crippen LogP contribution in [0, 0.1) is 11.8 Å². The molecule has 0 saturated carbocycles. The molecule has 0 amide bonds. The van der Waals surface area contributed by atoms with E-state index in [1.54, 1.807) is 0 Å². The fourth-order valence-corrected chi connectivity index (χ4v) is 3.02. The molecule has 16 heavy (non-hydrogen) atoms. The van der Waals surface area contributed by atoms with E-state index in [0.29, 0.717) is 0 Å². The van der Waals surface area contributed by atoms with E-state index < -0.39 is 0 Å². The van der Waals surface area contributed by atoms with Crippen LogP contribution < -0.4 is 5.32 Å². The first-order valence-electron chi connectivity index (χ1n) is 7.11. The van der Waals surface area contributed by atoms with Gasteiger partial charge in [0, 0.05) is 25.7 Å². The highest BCUT2D eigenvalue weighted by atomic mass is 15.2. The van der Waals surface area contributed by atoms with Crippen LogP contribution in [-0.4, -0.2) is 37.1 Å². The molecule has 0 aromatic rings. The number of hydrogen-bond acceptors (Lipinski definition) is 2. The Balaban J connectivity index is 2.45. The number of hydrogen-bond donors (Lipinski definition) is 1. The van der Waals surface area contributed by atoms with Crippen molar-refractivity contribution in [3.05, 3.63) is 0 Å². The number of nitrogens with zero attached hydrogens (tertiary/aromatic N) is 1. The van der Waals surface area contributed by atoms with Crippen LogP contribution in [0.4, 0.5) is 0 Å². The van der Waals surface area contributed by atoms with E-state index in [1.807, 2.05) is 0 Å². The van der Waals surface area contributed by atoms with Gasteiger partial charge in [0.05, 0.1) is 0 Å². The lowest BCUT2D eigenvalue weighted by Gasteiger charge is -2.39. The highest BCUT2D eigenvalue weighted by molar-refractivity contribution is 4.83. The lowest BCUT2D eigenvalue weighted by atomic mass is 9.90. The van der Waals surface area contributed by atoms with Crippen molar-refractivity contribution in [3.8, 4) is 0 Å². The first-order valence-corrected chi connectivity index (χ1v) is 7.11. The Morgan fingerprint density at radius 2 is 2.00 bits per heavy atom. The summed E-state index contributed by atoms with van der Waals surface area (Å²) in [5.74, 6) is 1.71. The number of piperidine rings is 1. The SMILES string of the molecule is CCCC1CC(NCC)CN(CC(C)C)C1. The molecule has 0 radical (unpaired) electrons. The molecule has 1 aliphatic rings. The molecule has 0 aliphatic carbocycles. The smallest absolute Gasteiger partial charge is 0.0198 e. The third-order valence-corrected chi connectivity index (χ3v) is 3.43. The van der Waals surface area contributed by atoms with Gasteiger partial charge >= 0.3 is 0 Å². The van der Waals surface area contributed by atoms with Crippen molar-refractivity contribution in [2.75, 3.05) is 26.2 Å². The summed E-state index contributed by atoms with van der Waals surface area (Å²) in [7, 11) is 0. The van der Waals surface area contributed by atoms with E-state index in [2.05, 4.69) is 37.9 Å². The van der Waals surface area contributed by atoms with E-state index in [4.69, 9.17) is 0 Å². The van der Waals surface area contributed by atoms with Crippen LogP contribution in [-0.2, 0) is 0 Å². The average Bonchev–Trinajstić information content (AvgIpc) is 2.17. The van der Waals surface area contributed by atoms with Gasteiger partial charge in [0.15, 0.2) is 0 Å². The molecule has 1 saturated heterocycles. The third-order valence-electron chi connectivity index (χ3n) is 3.43. The van der Waals surface area contributed by atoms with Gasteiger partial charge in [-0.15, -0.1) is 0 Å². The van der Waals surface area contributed by atoms with Crippen molar-refractivity contribution in [2.45, 2.75) is 53.0 Å². The fourth-order valence-electron chi connectivity index (χ4n) is 3.02. The summed E-state index contributed by atoms with van der Waals surface area (Å²) in [5, 5.41) is 3.63. The third kappa shape index (κ3) is 4.84. The molecule has 1 aliphatic heterocycles. The Bertz CT molecular complexity index is 166. The number of rotatable bonds is 6. The molecule has 1 fully saturated rings. The highest BCUT2D eigenvalue weighted by Gasteiger charge is 2.26. The summed E-state index contributed by atoms with van der Waals surface area (Å²) >= 11 is 0. The Kier molecular flexibility index (Phi) is 6.37. The second kappa shape index (κ2) is 7.29. The molecule has 2 heteroatoms. The Hall–Kier alpha value is -0.0800. The van der Waals surface area contributed by atoms with Gasteiger partial charge < -0.3 is 10.2 Å². The van der Waals surface area contributed by atoms with Crippen LogP contribution in [0.1, 0.15) is 47.0 Å². The molecule has 0 bridgehead atoms. The summed E-state index contributed by atoms with van der Waals surface area (Å²) in [6.07, 6.45) is 4.12. The van der Waals surface area contributed by atoms with Crippen LogP contribution in [0.25, 0.3) is 0 Å². The van der Waals surface area contributed by atoms with Crippen molar-refractivity contribution < 1.29 is 0 Å². The maximum atomic E-state index is 3.63. The second-order valence-corrected chi connectivity index (χ2v) is 5.76. The zero-order chi connectivity index (χ0) is 12.0. The van der Waals surface area contributed by atoms with E-state index >= 15 is 0 Å². The number of likely N-dealkylation sites (N-methyl/N-ethyl adjacent to an activating group) is 1. The van der Waals surface area contributed by atoms with Gasteiger partial charge in [0.2, 0.25) is 0 Å². The summed E-state index contributed by atoms with van der Waals surface area (Å²) in [6.45, 7) is 14.1. The molecular weight excluding hydrogens is 196 g/mol. The minimum absolute atomic E-state index is 0.731. The van der Waals surface area contributed by atoms with E-state index in [-0.39, 0.29) is 0 Å². The predicted octanol–water partition coefficient (Wildman–Crippen LogP) is 2.74. The van der Waals surface area contributed by atoms with Gasteiger partial charge in [-0.25, -0.2) is 0 Å². The molecule has 1 heterocycles. The van der Waals surface area contributed by atoms with Crippen LogP contribution in [0.5, 0.6) is 0 Å². The lowest BCUT2D eigenvalue weighted by Crippen LogP contribution is -2.50. The molecule has 0 aromatic carbocycles. The second-order valence-electron chi connectivity index (χ2n) is 5.76. The van der Waals surface area contributed by atoms with E-state index in [1.165, 1.54) is 38.9 Å². The van der Waals surface area contributed by atoms with Gasteiger partial charge in [-0.2, -0.15) is 0 Å². The molecular formula is C14H30N2. The predicted molar refractivity (Wildman–Crippen MR) is 71.8 cm³/mol. The van der Waals surface area contributed by atoms with E-state index in [0.717, 1.165) is 24.4 Å². The van der Waals surface area contributed by atoms with Crippen molar-refractivity contribution in [3.63, 3.8) is 0 Å². The molecule has 0 aromatic heterocycles. The summed E-state index contributed by atoms with van der Waals surface area (Å²) in [6, 6.07) is 0.731. The van der Waals surface area contributed by atoms with Gasteiger partial charge in [-0.05, 0) is 31.2 Å². The van der Waals surface area contributed by atoms with Crippen LogP contribution in [0.3, 0.4) is 0 Å². The molecule has 1 N–H and O–H groups in total. The van der Waals surface area contributed by atoms with Gasteiger partial charge in [0.25, 0.3) is 0 Å². The molecule has 2 nitrogen and oxygen atoms in total. The maximum absolute atomic E-state index is 3.63. The standard InChI is InChI=1S/C14H30N2/c1-5-7-13-8-14(15-6-2)11-16(10-13)9-12(3)4/h12-15H,5-11H2,1-4H3. The molecule has 2 unspecified atom stereocenters. The van der Waals surface area contributed by atoms with Crippen LogP contribution in [0.15, 0.2) is 0 Å².